The lowest BCUT2D eigenvalue weighted by atomic mass is 10.0. The van der Waals surface area contributed by atoms with Gasteiger partial charge in [-0.1, -0.05) is 28.1 Å². The number of ether oxygens (including phenoxy) is 1. The van der Waals surface area contributed by atoms with E-state index < -0.39 is 0 Å². The Kier molecular flexibility index (Phi) is 4.38. The van der Waals surface area contributed by atoms with Crippen LogP contribution in [0, 0.1) is 6.92 Å². The lowest BCUT2D eigenvalue weighted by Crippen LogP contribution is -2.04. The van der Waals surface area contributed by atoms with Crippen molar-refractivity contribution in [1.29, 1.82) is 0 Å². The average molecular weight is 319 g/mol. The molecule has 0 aliphatic carbocycles. The first-order chi connectivity index (χ1) is 9.08. The lowest BCUT2D eigenvalue weighted by molar-refractivity contribution is 0.0993. The number of aryl methyl sites for hydroxylation is 1. The average Bonchev–Trinajstić information content (AvgIpc) is 2.37. The van der Waals surface area contributed by atoms with Crippen LogP contribution in [-0.2, 0) is 6.42 Å². The second-order valence-corrected chi connectivity index (χ2v) is 5.38. The Morgan fingerprint density at radius 2 is 2.00 bits per heavy atom. The van der Waals surface area contributed by atoms with E-state index in [2.05, 4.69) is 15.9 Å². The predicted molar refractivity (Wildman–Crippen MR) is 79.9 cm³/mol. The summed E-state index contributed by atoms with van der Waals surface area (Å²) in [5.41, 5.74) is 2.76. The van der Waals surface area contributed by atoms with E-state index in [1.807, 2.05) is 49.4 Å². The van der Waals surface area contributed by atoms with Gasteiger partial charge in [-0.05, 0) is 48.4 Å². The molecule has 0 spiro atoms. The van der Waals surface area contributed by atoms with E-state index in [9.17, 15) is 4.79 Å². The summed E-state index contributed by atoms with van der Waals surface area (Å²) in [6.45, 7) is 1.98. The first-order valence-corrected chi connectivity index (χ1v) is 6.81. The van der Waals surface area contributed by atoms with Crippen LogP contribution in [0.2, 0.25) is 0 Å². The number of ketones is 1. The van der Waals surface area contributed by atoms with Crippen LogP contribution in [0.25, 0.3) is 0 Å². The number of halogens is 1. The summed E-state index contributed by atoms with van der Waals surface area (Å²) in [6, 6.07) is 13.4. The van der Waals surface area contributed by atoms with Gasteiger partial charge in [-0.3, -0.25) is 4.79 Å². The quantitative estimate of drug-likeness (QED) is 0.790. The van der Waals surface area contributed by atoms with Gasteiger partial charge < -0.3 is 4.74 Å². The fourth-order valence-electron chi connectivity index (χ4n) is 1.97. The minimum atomic E-state index is 0.109. The maximum Gasteiger partial charge on any atom is 0.167 e. The lowest BCUT2D eigenvalue weighted by Gasteiger charge is -2.06. The van der Waals surface area contributed by atoms with Gasteiger partial charge in [0.25, 0.3) is 0 Å². The zero-order valence-corrected chi connectivity index (χ0v) is 12.5. The molecule has 0 radical (unpaired) electrons. The highest BCUT2D eigenvalue weighted by molar-refractivity contribution is 9.10. The standard InChI is InChI=1S/C16H15BrO2/c1-11-6-13(10-14(17)7-11)16(18)9-12-4-3-5-15(8-12)19-2/h3-8,10H,9H2,1-2H3. The Bertz CT molecular complexity index is 585. The Balaban J connectivity index is 2.20. The molecular weight excluding hydrogens is 304 g/mol. The molecule has 2 aromatic carbocycles. The zero-order valence-electron chi connectivity index (χ0n) is 10.9. The van der Waals surface area contributed by atoms with Crippen LogP contribution in [0.3, 0.4) is 0 Å². The van der Waals surface area contributed by atoms with E-state index in [0.29, 0.717) is 6.42 Å². The van der Waals surface area contributed by atoms with Crippen molar-refractivity contribution >= 4 is 21.7 Å². The molecule has 0 N–H and O–H groups in total. The van der Waals surface area contributed by atoms with Gasteiger partial charge in [0, 0.05) is 16.5 Å². The van der Waals surface area contributed by atoms with E-state index in [1.54, 1.807) is 7.11 Å². The van der Waals surface area contributed by atoms with Crippen LogP contribution >= 0.6 is 15.9 Å². The van der Waals surface area contributed by atoms with Crippen molar-refractivity contribution in [3.8, 4) is 5.75 Å². The summed E-state index contributed by atoms with van der Waals surface area (Å²) in [5, 5.41) is 0. The fraction of sp³-hybridized carbons (Fsp3) is 0.188. The third-order valence-electron chi connectivity index (χ3n) is 2.86. The SMILES string of the molecule is COc1cccc(CC(=O)c2cc(C)cc(Br)c2)c1. The molecule has 98 valence electrons. The number of hydrogen-bond acceptors (Lipinski definition) is 2. The number of Topliss-reactive ketones (excluding diaryl/α,β-unsaturated/α-hetero) is 1. The number of carbonyl (C=O) groups is 1. The Morgan fingerprint density at radius 3 is 2.68 bits per heavy atom. The maximum absolute atomic E-state index is 12.3. The topological polar surface area (TPSA) is 26.3 Å². The molecular formula is C16H15BrO2. The number of rotatable bonds is 4. The first-order valence-electron chi connectivity index (χ1n) is 6.02. The predicted octanol–water partition coefficient (Wildman–Crippen LogP) is 4.19. The molecule has 3 heteroatoms. The molecule has 0 aliphatic heterocycles. The minimum absolute atomic E-state index is 0.109. The van der Waals surface area contributed by atoms with Crippen LogP contribution in [0.1, 0.15) is 21.5 Å². The van der Waals surface area contributed by atoms with Gasteiger partial charge in [-0.15, -0.1) is 0 Å². The number of hydrogen-bond donors (Lipinski definition) is 0. The molecule has 2 rings (SSSR count). The molecule has 0 unspecified atom stereocenters. The van der Waals surface area contributed by atoms with Crippen molar-refractivity contribution in [2.24, 2.45) is 0 Å². The van der Waals surface area contributed by atoms with E-state index in [1.165, 1.54) is 0 Å². The number of methoxy groups -OCH3 is 1. The highest BCUT2D eigenvalue weighted by Crippen LogP contribution is 2.18. The molecule has 0 fully saturated rings. The van der Waals surface area contributed by atoms with Crippen LogP contribution in [-0.4, -0.2) is 12.9 Å². The van der Waals surface area contributed by atoms with Gasteiger partial charge >= 0.3 is 0 Å². The fourth-order valence-corrected chi connectivity index (χ4v) is 2.57. The smallest absolute Gasteiger partial charge is 0.167 e. The molecule has 0 bridgehead atoms. The molecule has 0 aromatic heterocycles. The van der Waals surface area contributed by atoms with Crippen LogP contribution in [0.15, 0.2) is 46.9 Å². The van der Waals surface area contributed by atoms with E-state index in [-0.39, 0.29) is 5.78 Å². The van der Waals surface area contributed by atoms with Crippen molar-refractivity contribution in [3.05, 3.63) is 63.6 Å². The molecule has 0 saturated heterocycles. The van der Waals surface area contributed by atoms with Crippen molar-refractivity contribution in [3.63, 3.8) is 0 Å². The van der Waals surface area contributed by atoms with Gasteiger partial charge in [-0.25, -0.2) is 0 Å². The molecule has 0 amide bonds. The van der Waals surface area contributed by atoms with E-state index in [0.717, 1.165) is 26.9 Å². The maximum atomic E-state index is 12.3. The van der Waals surface area contributed by atoms with E-state index >= 15 is 0 Å². The Labute approximate surface area is 121 Å². The van der Waals surface area contributed by atoms with Gasteiger partial charge in [0.2, 0.25) is 0 Å². The largest absolute Gasteiger partial charge is 0.497 e. The van der Waals surface area contributed by atoms with Crippen LogP contribution < -0.4 is 4.74 Å². The van der Waals surface area contributed by atoms with Crippen molar-refractivity contribution < 1.29 is 9.53 Å². The highest BCUT2D eigenvalue weighted by atomic mass is 79.9. The first kappa shape index (κ1) is 13.8. The normalized spacial score (nSPS) is 10.3. The molecule has 0 saturated carbocycles. The van der Waals surface area contributed by atoms with Gasteiger partial charge in [0.1, 0.15) is 5.75 Å². The third-order valence-corrected chi connectivity index (χ3v) is 3.32. The van der Waals surface area contributed by atoms with Gasteiger partial charge in [-0.2, -0.15) is 0 Å². The van der Waals surface area contributed by atoms with E-state index in [4.69, 9.17) is 4.74 Å². The minimum Gasteiger partial charge on any atom is -0.497 e. The van der Waals surface area contributed by atoms with Gasteiger partial charge in [0.05, 0.1) is 7.11 Å². The zero-order chi connectivity index (χ0) is 13.8. The van der Waals surface area contributed by atoms with Crippen molar-refractivity contribution in [2.45, 2.75) is 13.3 Å². The summed E-state index contributed by atoms with van der Waals surface area (Å²) in [4.78, 5) is 12.3. The molecule has 0 aliphatic rings. The van der Waals surface area contributed by atoms with Gasteiger partial charge in [0.15, 0.2) is 5.78 Å². The Hall–Kier alpha value is -1.61. The third kappa shape index (κ3) is 3.67. The highest BCUT2D eigenvalue weighted by Gasteiger charge is 2.09. The summed E-state index contributed by atoms with van der Waals surface area (Å²) < 4.78 is 6.09. The number of carbonyl (C=O) groups excluding carboxylic acids is 1. The van der Waals surface area contributed by atoms with Crippen molar-refractivity contribution in [1.82, 2.24) is 0 Å². The summed E-state index contributed by atoms with van der Waals surface area (Å²) >= 11 is 3.42. The Morgan fingerprint density at radius 1 is 1.21 bits per heavy atom. The second-order valence-electron chi connectivity index (χ2n) is 4.47. The number of benzene rings is 2. The summed E-state index contributed by atoms with van der Waals surface area (Å²) in [6.07, 6.45) is 0.382. The summed E-state index contributed by atoms with van der Waals surface area (Å²) in [7, 11) is 1.62. The molecule has 0 heterocycles. The monoisotopic (exact) mass is 318 g/mol. The molecule has 2 aromatic rings. The second kappa shape index (κ2) is 6.02. The molecule has 0 atom stereocenters. The van der Waals surface area contributed by atoms with Crippen LogP contribution in [0.5, 0.6) is 5.75 Å². The van der Waals surface area contributed by atoms with Crippen LogP contribution in [0.4, 0.5) is 0 Å². The molecule has 19 heavy (non-hydrogen) atoms. The van der Waals surface area contributed by atoms with Crippen molar-refractivity contribution in [2.75, 3.05) is 7.11 Å². The summed E-state index contributed by atoms with van der Waals surface area (Å²) in [5.74, 6) is 0.883. The molecule has 2 nitrogen and oxygen atoms in total.